The molecule has 5 nitrogen and oxygen atoms in total. The van der Waals surface area contributed by atoms with E-state index in [0.717, 1.165) is 12.1 Å². The van der Waals surface area contributed by atoms with Crippen LogP contribution in [-0.2, 0) is 4.74 Å². The number of methoxy groups -OCH3 is 1. The summed E-state index contributed by atoms with van der Waals surface area (Å²) in [6.07, 6.45) is 4.03. The second-order valence-corrected chi connectivity index (χ2v) is 3.83. The predicted molar refractivity (Wildman–Crippen MR) is 67.2 cm³/mol. The minimum absolute atomic E-state index is 0.0836. The van der Waals surface area contributed by atoms with Crippen molar-refractivity contribution < 1.29 is 9.53 Å². The van der Waals surface area contributed by atoms with E-state index in [9.17, 15) is 4.79 Å². The second kappa shape index (κ2) is 6.85. The Morgan fingerprint density at radius 3 is 3.00 bits per heavy atom. The molecule has 1 aromatic rings. The van der Waals surface area contributed by atoms with E-state index in [1.54, 1.807) is 32.6 Å². The zero-order valence-electron chi connectivity index (χ0n) is 10.5. The van der Waals surface area contributed by atoms with E-state index in [4.69, 9.17) is 4.74 Å². The molecule has 0 aromatic carbocycles. The molecular weight excluding hydrogens is 218 g/mol. The summed E-state index contributed by atoms with van der Waals surface area (Å²) in [6, 6.07) is 1.78. The number of nitrogens with one attached hydrogen (secondary N) is 2. The highest BCUT2D eigenvalue weighted by atomic mass is 16.5. The Morgan fingerprint density at radius 2 is 2.35 bits per heavy atom. The molecule has 0 saturated heterocycles. The van der Waals surface area contributed by atoms with Crippen LogP contribution in [0.2, 0.25) is 0 Å². The van der Waals surface area contributed by atoms with Crippen molar-refractivity contribution in [2.75, 3.05) is 26.1 Å². The Kier molecular flexibility index (Phi) is 5.42. The largest absolute Gasteiger partial charge is 0.386 e. The van der Waals surface area contributed by atoms with Gasteiger partial charge in [0.1, 0.15) is 0 Å². The van der Waals surface area contributed by atoms with Gasteiger partial charge in [-0.15, -0.1) is 0 Å². The number of rotatable bonds is 6. The molecule has 1 aromatic heterocycles. The van der Waals surface area contributed by atoms with Gasteiger partial charge in [-0.05, 0) is 19.4 Å². The Labute approximate surface area is 102 Å². The molecule has 0 aliphatic heterocycles. The summed E-state index contributed by atoms with van der Waals surface area (Å²) in [5, 5.41) is 5.86. The SMILES string of the molecule is CNc1cnccc1C(=O)NC(C)CCOC. The summed E-state index contributed by atoms with van der Waals surface area (Å²) in [4.78, 5) is 15.9. The first-order valence-corrected chi connectivity index (χ1v) is 5.60. The van der Waals surface area contributed by atoms with Gasteiger partial charge in [0.2, 0.25) is 0 Å². The van der Waals surface area contributed by atoms with Crippen LogP contribution < -0.4 is 10.6 Å². The lowest BCUT2D eigenvalue weighted by Gasteiger charge is -2.14. The van der Waals surface area contributed by atoms with Crippen molar-refractivity contribution in [3.05, 3.63) is 24.0 Å². The normalized spacial score (nSPS) is 11.9. The quantitative estimate of drug-likeness (QED) is 0.782. The Bertz CT molecular complexity index is 369. The fourth-order valence-electron chi connectivity index (χ4n) is 1.46. The molecule has 0 aliphatic carbocycles. The van der Waals surface area contributed by atoms with Crippen LogP contribution >= 0.6 is 0 Å². The van der Waals surface area contributed by atoms with E-state index < -0.39 is 0 Å². The van der Waals surface area contributed by atoms with E-state index in [2.05, 4.69) is 15.6 Å². The molecule has 1 rings (SSSR count). The lowest BCUT2D eigenvalue weighted by Crippen LogP contribution is -2.33. The average molecular weight is 237 g/mol. The first kappa shape index (κ1) is 13.4. The van der Waals surface area contributed by atoms with Crippen LogP contribution in [0.1, 0.15) is 23.7 Å². The van der Waals surface area contributed by atoms with E-state index >= 15 is 0 Å². The number of aromatic nitrogens is 1. The minimum Gasteiger partial charge on any atom is -0.386 e. The number of hydrogen-bond donors (Lipinski definition) is 2. The van der Waals surface area contributed by atoms with Crippen LogP contribution in [0.25, 0.3) is 0 Å². The zero-order chi connectivity index (χ0) is 12.7. The third-order valence-corrected chi connectivity index (χ3v) is 2.47. The number of nitrogens with zero attached hydrogens (tertiary/aromatic N) is 1. The first-order chi connectivity index (χ1) is 8.19. The van der Waals surface area contributed by atoms with Gasteiger partial charge < -0.3 is 15.4 Å². The van der Waals surface area contributed by atoms with Gasteiger partial charge in [-0.3, -0.25) is 9.78 Å². The van der Waals surface area contributed by atoms with Crippen molar-refractivity contribution in [1.29, 1.82) is 0 Å². The van der Waals surface area contributed by atoms with Crippen LogP contribution in [0.5, 0.6) is 0 Å². The van der Waals surface area contributed by atoms with Gasteiger partial charge >= 0.3 is 0 Å². The van der Waals surface area contributed by atoms with Crippen molar-refractivity contribution in [2.24, 2.45) is 0 Å². The van der Waals surface area contributed by atoms with Crippen molar-refractivity contribution in [3.8, 4) is 0 Å². The molecule has 5 heteroatoms. The highest BCUT2D eigenvalue weighted by Gasteiger charge is 2.12. The molecule has 1 unspecified atom stereocenters. The Hall–Kier alpha value is -1.62. The van der Waals surface area contributed by atoms with E-state index in [1.165, 1.54) is 0 Å². The number of ether oxygens (including phenoxy) is 1. The molecule has 17 heavy (non-hydrogen) atoms. The topological polar surface area (TPSA) is 63.2 Å². The van der Waals surface area contributed by atoms with Gasteiger partial charge in [0, 0.05) is 33.0 Å². The van der Waals surface area contributed by atoms with Crippen LogP contribution in [-0.4, -0.2) is 37.7 Å². The molecule has 2 N–H and O–H groups in total. The lowest BCUT2D eigenvalue weighted by molar-refractivity contribution is 0.0930. The van der Waals surface area contributed by atoms with Crippen molar-refractivity contribution in [3.63, 3.8) is 0 Å². The summed E-state index contributed by atoms with van der Waals surface area (Å²) in [5.74, 6) is -0.0969. The molecule has 0 radical (unpaired) electrons. The molecule has 0 aliphatic rings. The van der Waals surface area contributed by atoms with Crippen LogP contribution in [0.15, 0.2) is 18.5 Å². The molecule has 0 bridgehead atoms. The summed E-state index contributed by atoms with van der Waals surface area (Å²) < 4.78 is 4.97. The second-order valence-electron chi connectivity index (χ2n) is 3.83. The van der Waals surface area contributed by atoms with E-state index in [1.807, 2.05) is 6.92 Å². The van der Waals surface area contributed by atoms with Gasteiger partial charge in [-0.2, -0.15) is 0 Å². The molecule has 1 amide bonds. The summed E-state index contributed by atoms with van der Waals surface area (Å²) in [5.41, 5.74) is 1.33. The van der Waals surface area contributed by atoms with Crippen LogP contribution in [0.4, 0.5) is 5.69 Å². The standard InChI is InChI=1S/C12H19N3O2/c1-9(5-7-17-3)15-12(16)10-4-6-14-8-11(10)13-2/h4,6,8-9,13H,5,7H2,1-3H3,(H,15,16). The molecule has 0 saturated carbocycles. The zero-order valence-corrected chi connectivity index (χ0v) is 10.5. The molecular formula is C12H19N3O2. The first-order valence-electron chi connectivity index (χ1n) is 5.60. The fourth-order valence-corrected chi connectivity index (χ4v) is 1.46. The number of pyridine rings is 1. The maximum absolute atomic E-state index is 12.0. The number of carbonyl (C=O) groups excluding carboxylic acids is 1. The van der Waals surface area contributed by atoms with E-state index in [0.29, 0.717) is 12.2 Å². The highest BCUT2D eigenvalue weighted by molar-refractivity contribution is 5.99. The number of anilines is 1. The van der Waals surface area contributed by atoms with Gasteiger partial charge in [-0.25, -0.2) is 0 Å². The molecule has 0 spiro atoms. The van der Waals surface area contributed by atoms with Crippen molar-refractivity contribution in [2.45, 2.75) is 19.4 Å². The van der Waals surface area contributed by atoms with Crippen LogP contribution in [0, 0.1) is 0 Å². The highest BCUT2D eigenvalue weighted by Crippen LogP contribution is 2.12. The molecule has 0 fully saturated rings. The maximum atomic E-state index is 12.0. The average Bonchev–Trinajstić information content (AvgIpc) is 2.36. The third kappa shape index (κ3) is 4.03. The lowest BCUT2D eigenvalue weighted by atomic mass is 10.2. The Morgan fingerprint density at radius 1 is 1.59 bits per heavy atom. The van der Waals surface area contributed by atoms with Gasteiger partial charge in [0.25, 0.3) is 5.91 Å². The smallest absolute Gasteiger partial charge is 0.253 e. The third-order valence-electron chi connectivity index (χ3n) is 2.47. The Balaban J connectivity index is 2.63. The number of amides is 1. The molecule has 1 heterocycles. The number of hydrogen-bond acceptors (Lipinski definition) is 4. The summed E-state index contributed by atoms with van der Waals surface area (Å²) in [6.45, 7) is 2.59. The molecule has 1 atom stereocenters. The van der Waals surface area contributed by atoms with Gasteiger partial charge in [0.15, 0.2) is 0 Å². The summed E-state index contributed by atoms with van der Waals surface area (Å²) in [7, 11) is 3.42. The monoisotopic (exact) mass is 237 g/mol. The fraction of sp³-hybridized carbons (Fsp3) is 0.500. The predicted octanol–water partition coefficient (Wildman–Crippen LogP) is 1.28. The van der Waals surface area contributed by atoms with E-state index in [-0.39, 0.29) is 11.9 Å². The van der Waals surface area contributed by atoms with Crippen molar-refractivity contribution >= 4 is 11.6 Å². The van der Waals surface area contributed by atoms with Crippen LogP contribution in [0.3, 0.4) is 0 Å². The summed E-state index contributed by atoms with van der Waals surface area (Å²) >= 11 is 0. The van der Waals surface area contributed by atoms with Crippen molar-refractivity contribution in [1.82, 2.24) is 10.3 Å². The van der Waals surface area contributed by atoms with Gasteiger partial charge in [-0.1, -0.05) is 0 Å². The van der Waals surface area contributed by atoms with Gasteiger partial charge in [0.05, 0.1) is 17.4 Å². The minimum atomic E-state index is -0.0969. The number of carbonyl (C=O) groups is 1. The molecule has 94 valence electrons. The maximum Gasteiger partial charge on any atom is 0.253 e.